The second-order valence-corrected chi connectivity index (χ2v) is 6.78. The lowest BCUT2D eigenvalue weighted by Gasteiger charge is -2.24. The van der Waals surface area contributed by atoms with Crippen molar-refractivity contribution in [2.75, 3.05) is 13.1 Å². The van der Waals surface area contributed by atoms with E-state index in [1.807, 2.05) is 0 Å². The first kappa shape index (κ1) is 15.0. The maximum absolute atomic E-state index is 5.66. The highest BCUT2D eigenvalue weighted by Crippen LogP contribution is 2.28. The Kier molecular flexibility index (Phi) is 5.31. The van der Waals surface area contributed by atoms with Gasteiger partial charge in [-0.3, -0.25) is 9.58 Å². The lowest BCUT2D eigenvalue weighted by Crippen LogP contribution is -2.29. The molecule has 1 aromatic heterocycles. The second-order valence-electron chi connectivity index (χ2n) is 6.78. The predicted octanol–water partition coefficient (Wildman–Crippen LogP) is 3.09. The molecule has 0 bridgehead atoms. The molecule has 1 aromatic rings. The molecule has 0 aromatic carbocycles. The Morgan fingerprint density at radius 2 is 2.00 bits per heavy atom. The van der Waals surface area contributed by atoms with Crippen LogP contribution in [-0.2, 0) is 6.54 Å². The van der Waals surface area contributed by atoms with Gasteiger partial charge in [-0.25, -0.2) is 0 Å². The minimum atomic E-state index is 0.652. The number of likely N-dealkylation sites (tertiary alicyclic amines) is 1. The monoisotopic (exact) mass is 290 g/mol. The van der Waals surface area contributed by atoms with Gasteiger partial charge in [-0.05, 0) is 57.7 Å². The first-order chi connectivity index (χ1) is 10.4. The average molecular weight is 290 g/mol. The van der Waals surface area contributed by atoms with Crippen LogP contribution >= 0.6 is 0 Å². The molecule has 21 heavy (non-hydrogen) atoms. The lowest BCUT2D eigenvalue weighted by atomic mass is 9.96. The van der Waals surface area contributed by atoms with Crippen molar-refractivity contribution in [2.24, 2.45) is 5.73 Å². The predicted molar refractivity (Wildman–Crippen MR) is 86.1 cm³/mol. The molecule has 118 valence electrons. The van der Waals surface area contributed by atoms with Gasteiger partial charge in [0.2, 0.25) is 0 Å². The van der Waals surface area contributed by atoms with Crippen molar-refractivity contribution < 1.29 is 0 Å². The Labute approximate surface area is 128 Å². The Hall–Kier alpha value is -0.870. The highest BCUT2D eigenvalue weighted by Gasteiger charge is 2.25. The van der Waals surface area contributed by atoms with Gasteiger partial charge in [-0.2, -0.15) is 5.10 Å². The highest BCUT2D eigenvalue weighted by molar-refractivity contribution is 5.01. The molecule has 3 rings (SSSR count). The molecule has 2 N–H and O–H groups in total. The minimum Gasteiger partial charge on any atom is -0.330 e. The fourth-order valence-electron chi connectivity index (χ4n) is 4.00. The van der Waals surface area contributed by atoms with Gasteiger partial charge in [0.05, 0.1) is 11.7 Å². The third-order valence-corrected chi connectivity index (χ3v) is 5.22. The van der Waals surface area contributed by atoms with Gasteiger partial charge in [-0.1, -0.05) is 19.3 Å². The molecule has 1 aliphatic carbocycles. The summed E-state index contributed by atoms with van der Waals surface area (Å²) in [5.74, 6) is 0. The zero-order valence-electron chi connectivity index (χ0n) is 13.2. The molecule has 1 unspecified atom stereocenters. The van der Waals surface area contributed by atoms with Crippen molar-refractivity contribution >= 4 is 0 Å². The zero-order chi connectivity index (χ0) is 14.5. The van der Waals surface area contributed by atoms with E-state index in [-0.39, 0.29) is 0 Å². The number of nitrogens with two attached hydrogens (primary N) is 1. The van der Waals surface area contributed by atoms with Crippen molar-refractivity contribution in [3.63, 3.8) is 0 Å². The summed E-state index contributed by atoms with van der Waals surface area (Å²) in [7, 11) is 0. The van der Waals surface area contributed by atoms with Crippen molar-refractivity contribution in [3.05, 3.63) is 18.0 Å². The number of nitrogens with zero attached hydrogens (tertiary/aromatic N) is 3. The molecule has 0 radical (unpaired) electrons. The van der Waals surface area contributed by atoms with E-state index in [4.69, 9.17) is 10.8 Å². The van der Waals surface area contributed by atoms with Crippen LogP contribution in [0.2, 0.25) is 0 Å². The van der Waals surface area contributed by atoms with Crippen molar-refractivity contribution in [1.29, 1.82) is 0 Å². The lowest BCUT2D eigenvalue weighted by molar-refractivity contribution is 0.228. The number of hydrogen-bond donors (Lipinski definition) is 1. The van der Waals surface area contributed by atoms with Crippen LogP contribution in [0.1, 0.15) is 69.5 Å². The molecule has 1 saturated carbocycles. The zero-order valence-corrected chi connectivity index (χ0v) is 13.2. The van der Waals surface area contributed by atoms with E-state index >= 15 is 0 Å². The first-order valence-corrected chi connectivity index (χ1v) is 8.85. The van der Waals surface area contributed by atoms with Gasteiger partial charge in [-0.15, -0.1) is 0 Å². The van der Waals surface area contributed by atoms with Gasteiger partial charge in [0.1, 0.15) is 0 Å². The van der Waals surface area contributed by atoms with Gasteiger partial charge in [0.15, 0.2) is 0 Å². The normalized spacial score (nSPS) is 24.7. The SMILES string of the molecule is NCCCC1CCCN1Cc1ccn(C2CCCCC2)n1. The van der Waals surface area contributed by atoms with Gasteiger partial charge in [0, 0.05) is 18.8 Å². The van der Waals surface area contributed by atoms with Crippen LogP contribution in [0.25, 0.3) is 0 Å². The Balaban J connectivity index is 1.56. The van der Waals surface area contributed by atoms with Crippen LogP contribution < -0.4 is 5.73 Å². The van der Waals surface area contributed by atoms with Crippen LogP contribution in [-0.4, -0.2) is 33.8 Å². The molecule has 1 aliphatic heterocycles. The minimum absolute atomic E-state index is 0.652. The van der Waals surface area contributed by atoms with Crippen molar-refractivity contribution in [3.8, 4) is 0 Å². The summed E-state index contributed by atoms with van der Waals surface area (Å²) in [5.41, 5.74) is 6.91. The summed E-state index contributed by atoms with van der Waals surface area (Å²) in [6, 6.07) is 3.61. The molecule has 2 fully saturated rings. The van der Waals surface area contributed by atoms with Crippen molar-refractivity contribution in [1.82, 2.24) is 14.7 Å². The second kappa shape index (κ2) is 7.41. The molecule has 4 nitrogen and oxygen atoms in total. The average Bonchev–Trinajstić information content (AvgIpc) is 3.16. The van der Waals surface area contributed by atoms with Crippen LogP contribution in [0.15, 0.2) is 12.3 Å². The fourth-order valence-corrected chi connectivity index (χ4v) is 4.00. The summed E-state index contributed by atoms with van der Waals surface area (Å²) >= 11 is 0. The maximum Gasteiger partial charge on any atom is 0.0765 e. The summed E-state index contributed by atoms with van der Waals surface area (Å²) in [5, 5.41) is 4.86. The maximum atomic E-state index is 5.66. The molecule has 1 saturated heterocycles. The topological polar surface area (TPSA) is 47.1 Å². The standard InChI is InChI=1S/C17H30N4/c18-11-4-8-16-9-5-12-20(16)14-15-10-13-21(19-15)17-6-2-1-3-7-17/h10,13,16-17H,1-9,11-12,14,18H2. The van der Waals surface area contributed by atoms with Crippen LogP contribution in [0, 0.1) is 0 Å². The molecule has 1 atom stereocenters. The number of aromatic nitrogens is 2. The fraction of sp³-hybridized carbons (Fsp3) is 0.824. The van der Waals surface area contributed by atoms with E-state index in [0.29, 0.717) is 6.04 Å². The van der Waals surface area contributed by atoms with Crippen LogP contribution in [0.3, 0.4) is 0 Å². The first-order valence-electron chi connectivity index (χ1n) is 8.85. The number of rotatable bonds is 6. The van der Waals surface area contributed by atoms with Crippen LogP contribution in [0.4, 0.5) is 0 Å². The van der Waals surface area contributed by atoms with E-state index in [2.05, 4.69) is 21.8 Å². The third kappa shape index (κ3) is 3.86. The largest absolute Gasteiger partial charge is 0.330 e. The molecular formula is C17H30N4. The van der Waals surface area contributed by atoms with Gasteiger partial charge < -0.3 is 5.73 Å². The molecule has 0 spiro atoms. The third-order valence-electron chi connectivity index (χ3n) is 5.22. The quantitative estimate of drug-likeness (QED) is 0.876. The molecular weight excluding hydrogens is 260 g/mol. The Morgan fingerprint density at radius 1 is 1.14 bits per heavy atom. The van der Waals surface area contributed by atoms with E-state index in [1.165, 1.54) is 63.6 Å². The van der Waals surface area contributed by atoms with Crippen LogP contribution in [0.5, 0.6) is 0 Å². The molecule has 2 aliphatic rings. The molecule has 2 heterocycles. The number of hydrogen-bond acceptors (Lipinski definition) is 3. The summed E-state index contributed by atoms with van der Waals surface area (Å²) in [6.45, 7) is 3.07. The summed E-state index contributed by atoms with van der Waals surface area (Å²) in [6.07, 6.45) is 14.0. The van der Waals surface area contributed by atoms with E-state index in [1.54, 1.807) is 0 Å². The van der Waals surface area contributed by atoms with Crippen molar-refractivity contribution in [2.45, 2.75) is 76.4 Å². The van der Waals surface area contributed by atoms with E-state index in [0.717, 1.165) is 25.6 Å². The smallest absolute Gasteiger partial charge is 0.0765 e. The summed E-state index contributed by atoms with van der Waals surface area (Å²) in [4.78, 5) is 2.61. The molecule has 4 heteroatoms. The van der Waals surface area contributed by atoms with Gasteiger partial charge >= 0.3 is 0 Å². The Bertz CT molecular complexity index is 422. The highest BCUT2D eigenvalue weighted by atomic mass is 15.3. The molecule has 0 amide bonds. The van der Waals surface area contributed by atoms with E-state index in [9.17, 15) is 0 Å². The van der Waals surface area contributed by atoms with E-state index < -0.39 is 0 Å². The summed E-state index contributed by atoms with van der Waals surface area (Å²) < 4.78 is 2.24. The van der Waals surface area contributed by atoms with Gasteiger partial charge in [0.25, 0.3) is 0 Å². The Morgan fingerprint density at radius 3 is 2.81 bits per heavy atom.